The van der Waals surface area contributed by atoms with Crippen LogP contribution in [-0.2, 0) is 5.11 Å². The predicted octanol–water partition coefficient (Wildman–Crippen LogP) is 1.78. The summed E-state index contributed by atoms with van der Waals surface area (Å²) in [6, 6.07) is 9.29. The van der Waals surface area contributed by atoms with Crippen molar-refractivity contribution in [3.05, 3.63) is 48.2 Å². The third-order valence-electron chi connectivity index (χ3n) is 0.999. The maximum Gasteiger partial charge on any atom is 0.151 e. The number of benzene rings is 1. The van der Waals surface area contributed by atoms with E-state index in [1.807, 2.05) is 30.3 Å². The van der Waals surface area contributed by atoms with Crippen molar-refractivity contribution in [1.29, 1.82) is 0 Å². The molecule has 0 fully saturated rings. The lowest BCUT2D eigenvalue weighted by atomic mass is 10.2. The lowest BCUT2D eigenvalue weighted by Crippen LogP contribution is -1.68. The molecule has 0 amide bonds. The second-order valence-corrected chi connectivity index (χ2v) is 1.63. The Balaban J connectivity index is 2.85. The Morgan fingerprint density at radius 2 is 1.89 bits per heavy atom. The summed E-state index contributed by atoms with van der Waals surface area (Å²) in [6.45, 7) is 0. The van der Waals surface area contributed by atoms with Gasteiger partial charge >= 0.3 is 0 Å². The second kappa shape index (κ2) is 2.92. The third-order valence-corrected chi connectivity index (χ3v) is 0.999. The van der Waals surface area contributed by atoms with Gasteiger partial charge in [0, 0.05) is 6.08 Å². The van der Waals surface area contributed by atoms with Gasteiger partial charge in [-0.3, -0.25) is 5.11 Å². The van der Waals surface area contributed by atoms with Crippen LogP contribution in [0.5, 0.6) is 0 Å². The van der Waals surface area contributed by atoms with Crippen molar-refractivity contribution in [2.45, 2.75) is 0 Å². The molecule has 0 aliphatic carbocycles. The summed E-state index contributed by atoms with van der Waals surface area (Å²) < 4.78 is 0. The first kappa shape index (κ1) is 5.89. The van der Waals surface area contributed by atoms with E-state index in [4.69, 9.17) is 0 Å². The molecule has 0 N–H and O–H groups in total. The van der Waals surface area contributed by atoms with Gasteiger partial charge < -0.3 is 0 Å². The smallest absolute Gasteiger partial charge is 0.151 e. The Hall–Kier alpha value is -1.24. The molecule has 1 nitrogen and oxygen atoms in total. The van der Waals surface area contributed by atoms with Crippen LogP contribution in [0.25, 0.3) is 0 Å². The SMILES string of the molecule is [O]C=[C]c1ccccc1. The fraction of sp³-hybridized carbons (Fsp3) is 0. The van der Waals surface area contributed by atoms with E-state index in [-0.39, 0.29) is 0 Å². The molecule has 1 rings (SSSR count). The zero-order chi connectivity index (χ0) is 6.53. The molecule has 0 saturated carbocycles. The van der Waals surface area contributed by atoms with Gasteiger partial charge in [-0.15, -0.1) is 0 Å². The molecule has 2 radical (unpaired) electrons. The minimum atomic E-state index is 0.662. The van der Waals surface area contributed by atoms with Crippen LogP contribution in [0.15, 0.2) is 36.6 Å². The van der Waals surface area contributed by atoms with Gasteiger partial charge in [-0.2, -0.15) is 0 Å². The van der Waals surface area contributed by atoms with Crippen LogP contribution >= 0.6 is 0 Å². The highest BCUT2D eigenvalue weighted by Gasteiger charge is 1.80. The second-order valence-electron chi connectivity index (χ2n) is 1.63. The first-order valence-corrected chi connectivity index (χ1v) is 2.69. The summed E-state index contributed by atoms with van der Waals surface area (Å²) in [5.74, 6) is 0. The van der Waals surface area contributed by atoms with Crippen LogP contribution < -0.4 is 0 Å². The van der Waals surface area contributed by atoms with Gasteiger partial charge in [-0.05, 0) is 5.56 Å². The molecule has 1 aromatic rings. The van der Waals surface area contributed by atoms with E-state index < -0.39 is 0 Å². The van der Waals surface area contributed by atoms with E-state index in [9.17, 15) is 5.11 Å². The largest absolute Gasteiger partial charge is 0.298 e. The third kappa shape index (κ3) is 1.61. The van der Waals surface area contributed by atoms with Gasteiger partial charge in [-0.1, -0.05) is 30.3 Å². The Kier molecular flexibility index (Phi) is 1.91. The molecule has 0 spiro atoms. The van der Waals surface area contributed by atoms with Gasteiger partial charge in [0.2, 0.25) is 0 Å². The van der Waals surface area contributed by atoms with E-state index in [0.29, 0.717) is 6.26 Å². The van der Waals surface area contributed by atoms with Crippen LogP contribution in [0.4, 0.5) is 0 Å². The average molecular weight is 118 g/mol. The molecule has 1 heteroatoms. The summed E-state index contributed by atoms with van der Waals surface area (Å²) >= 11 is 0. The van der Waals surface area contributed by atoms with Crippen molar-refractivity contribution < 1.29 is 5.11 Å². The van der Waals surface area contributed by atoms with Crippen LogP contribution in [-0.4, -0.2) is 0 Å². The van der Waals surface area contributed by atoms with E-state index in [0.717, 1.165) is 5.56 Å². The Labute approximate surface area is 54.3 Å². The van der Waals surface area contributed by atoms with Crippen molar-refractivity contribution in [2.75, 3.05) is 0 Å². The summed E-state index contributed by atoms with van der Waals surface area (Å²) in [4.78, 5) is 0. The highest BCUT2D eigenvalue weighted by atomic mass is 16.2. The zero-order valence-electron chi connectivity index (χ0n) is 4.87. The molecule has 0 unspecified atom stereocenters. The Bertz CT molecular complexity index is 189. The Morgan fingerprint density at radius 3 is 2.44 bits per heavy atom. The van der Waals surface area contributed by atoms with Crippen molar-refractivity contribution in [3.8, 4) is 0 Å². The maximum absolute atomic E-state index is 9.86. The van der Waals surface area contributed by atoms with Gasteiger partial charge in [0.25, 0.3) is 0 Å². The van der Waals surface area contributed by atoms with Crippen molar-refractivity contribution in [2.24, 2.45) is 0 Å². The molecular weight excluding hydrogens is 112 g/mol. The molecule has 0 heterocycles. The molecule has 0 aliphatic rings. The molecule has 1 aromatic carbocycles. The summed E-state index contributed by atoms with van der Waals surface area (Å²) in [7, 11) is 0. The lowest BCUT2D eigenvalue weighted by Gasteiger charge is -1.84. The van der Waals surface area contributed by atoms with Gasteiger partial charge in [0.05, 0.1) is 0 Å². The molecule has 0 atom stereocenters. The monoisotopic (exact) mass is 118 g/mol. The van der Waals surface area contributed by atoms with Gasteiger partial charge in [-0.25, -0.2) is 0 Å². The van der Waals surface area contributed by atoms with Crippen LogP contribution in [0.2, 0.25) is 0 Å². The number of hydrogen-bond acceptors (Lipinski definition) is 0. The first-order chi connectivity index (χ1) is 4.43. The zero-order valence-corrected chi connectivity index (χ0v) is 4.87. The fourth-order valence-corrected chi connectivity index (χ4v) is 0.602. The summed E-state index contributed by atoms with van der Waals surface area (Å²) in [5.41, 5.74) is 0.826. The first-order valence-electron chi connectivity index (χ1n) is 2.69. The van der Waals surface area contributed by atoms with E-state index in [1.165, 1.54) is 0 Å². The maximum atomic E-state index is 9.86. The normalized spacial score (nSPS) is 10.2. The lowest BCUT2D eigenvalue weighted by molar-refractivity contribution is 0.349. The molecule has 9 heavy (non-hydrogen) atoms. The van der Waals surface area contributed by atoms with Crippen molar-refractivity contribution in [1.82, 2.24) is 0 Å². The van der Waals surface area contributed by atoms with Crippen molar-refractivity contribution in [3.63, 3.8) is 0 Å². The van der Waals surface area contributed by atoms with E-state index in [2.05, 4.69) is 6.08 Å². The predicted molar refractivity (Wildman–Crippen MR) is 34.0 cm³/mol. The molecule has 0 aromatic heterocycles. The number of hydrogen-bond donors (Lipinski definition) is 0. The van der Waals surface area contributed by atoms with E-state index in [1.54, 1.807) is 0 Å². The summed E-state index contributed by atoms with van der Waals surface area (Å²) in [5, 5.41) is 9.86. The number of rotatable bonds is 1. The van der Waals surface area contributed by atoms with Crippen LogP contribution in [0.1, 0.15) is 5.56 Å². The highest BCUT2D eigenvalue weighted by molar-refractivity contribution is 5.20. The van der Waals surface area contributed by atoms with Crippen LogP contribution in [0, 0.1) is 6.08 Å². The fourth-order valence-electron chi connectivity index (χ4n) is 0.602. The Morgan fingerprint density at radius 1 is 1.22 bits per heavy atom. The topological polar surface area (TPSA) is 19.9 Å². The molecular formula is C8H6O. The minimum Gasteiger partial charge on any atom is -0.298 e. The minimum absolute atomic E-state index is 0.662. The molecule has 0 bridgehead atoms. The van der Waals surface area contributed by atoms with Crippen molar-refractivity contribution >= 4 is 0 Å². The molecule has 0 aliphatic heterocycles. The van der Waals surface area contributed by atoms with Gasteiger partial charge in [0.15, 0.2) is 6.26 Å². The molecule has 44 valence electrons. The van der Waals surface area contributed by atoms with Crippen LogP contribution in [0.3, 0.4) is 0 Å². The van der Waals surface area contributed by atoms with Gasteiger partial charge in [0.1, 0.15) is 0 Å². The quantitative estimate of drug-likeness (QED) is 0.501. The standard InChI is InChI=1S/C8H6O/c9-7-6-8-4-2-1-3-5-8/h1-5,7H. The van der Waals surface area contributed by atoms with E-state index >= 15 is 0 Å². The highest BCUT2D eigenvalue weighted by Crippen LogP contribution is 1.96. The summed E-state index contributed by atoms with van der Waals surface area (Å²) in [6.07, 6.45) is 3.19. The average Bonchev–Trinajstić information content (AvgIpc) is 1.91. The molecule has 0 saturated heterocycles.